The zero-order valence-electron chi connectivity index (χ0n) is 12.4. The largest absolute Gasteiger partial charge is 0.454 e. The first-order valence-corrected chi connectivity index (χ1v) is 6.94. The molecule has 0 aliphatic carbocycles. The van der Waals surface area contributed by atoms with Gasteiger partial charge in [0.2, 0.25) is 12.7 Å². The number of amides is 1. The van der Waals surface area contributed by atoms with Crippen molar-refractivity contribution in [2.45, 2.75) is 19.3 Å². The molecule has 0 unspecified atom stereocenters. The second-order valence-corrected chi connectivity index (χ2v) is 5.63. The third-order valence-corrected chi connectivity index (χ3v) is 3.78. The Kier molecular flexibility index (Phi) is 3.48. The van der Waals surface area contributed by atoms with E-state index in [4.69, 9.17) is 9.47 Å². The Morgan fingerprint density at radius 3 is 2.64 bits per heavy atom. The monoisotopic (exact) mass is 301 g/mol. The average Bonchev–Trinajstić information content (AvgIpc) is 2.97. The molecule has 5 heteroatoms. The number of benzene rings is 2. The van der Waals surface area contributed by atoms with Gasteiger partial charge in [0, 0.05) is 0 Å². The van der Waals surface area contributed by atoms with Gasteiger partial charge in [0.05, 0.1) is 11.1 Å². The van der Waals surface area contributed by atoms with Gasteiger partial charge in [0.15, 0.2) is 11.5 Å². The minimum Gasteiger partial charge on any atom is -0.454 e. The molecule has 22 heavy (non-hydrogen) atoms. The molecule has 0 aromatic heterocycles. The van der Waals surface area contributed by atoms with Crippen LogP contribution in [0.15, 0.2) is 42.5 Å². The van der Waals surface area contributed by atoms with Gasteiger partial charge >= 0.3 is 0 Å². The van der Waals surface area contributed by atoms with Crippen molar-refractivity contribution >= 4 is 11.6 Å². The van der Waals surface area contributed by atoms with Crippen LogP contribution in [-0.2, 0) is 10.2 Å². The number of fused-ring (bicyclic) bond motifs is 1. The maximum absolute atomic E-state index is 13.7. The fourth-order valence-electron chi connectivity index (χ4n) is 2.26. The number of ether oxygens (including phenoxy) is 2. The summed E-state index contributed by atoms with van der Waals surface area (Å²) in [4.78, 5) is 12.5. The summed E-state index contributed by atoms with van der Waals surface area (Å²) in [6.45, 7) is 3.74. The number of para-hydroxylation sites is 1. The van der Waals surface area contributed by atoms with Gasteiger partial charge in [-0.1, -0.05) is 18.2 Å². The van der Waals surface area contributed by atoms with Gasteiger partial charge in [-0.15, -0.1) is 0 Å². The van der Waals surface area contributed by atoms with Crippen molar-refractivity contribution in [1.29, 1.82) is 0 Å². The molecule has 4 nitrogen and oxygen atoms in total. The highest BCUT2D eigenvalue weighted by molar-refractivity contribution is 5.98. The summed E-state index contributed by atoms with van der Waals surface area (Å²) < 4.78 is 24.3. The molecule has 2 aromatic carbocycles. The minimum atomic E-state index is -0.844. The number of hydrogen-bond acceptors (Lipinski definition) is 3. The zero-order chi connectivity index (χ0) is 15.7. The predicted octanol–water partition coefficient (Wildman–Crippen LogP) is 3.47. The smallest absolute Gasteiger partial charge is 0.234 e. The van der Waals surface area contributed by atoms with E-state index in [0.717, 1.165) is 5.56 Å². The molecule has 0 saturated carbocycles. The van der Waals surface area contributed by atoms with E-state index in [1.807, 2.05) is 6.07 Å². The summed E-state index contributed by atoms with van der Waals surface area (Å²) >= 11 is 0. The van der Waals surface area contributed by atoms with Crippen LogP contribution in [0.25, 0.3) is 0 Å². The fraction of sp³-hybridized carbons (Fsp3) is 0.235. The van der Waals surface area contributed by atoms with Gasteiger partial charge in [-0.05, 0) is 43.7 Å². The van der Waals surface area contributed by atoms with Crippen molar-refractivity contribution in [3.63, 3.8) is 0 Å². The van der Waals surface area contributed by atoms with Crippen molar-refractivity contribution in [1.82, 2.24) is 0 Å². The lowest BCUT2D eigenvalue weighted by Crippen LogP contribution is -2.35. The Bertz CT molecular complexity index is 728. The van der Waals surface area contributed by atoms with Crippen LogP contribution >= 0.6 is 0 Å². The van der Waals surface area contributed by atoms with Crippen molar-refractivity contribution in [2.75, 3.05) is 12.1 Å². The van der Waals surface area contributed by atoms with Gasteiger partial charge in [-0.25, -0.2) is 4.39 Å². The molecule has 0 fully saturated rings. The molecule has 1 aliphatic rings. The van der Waals surface area contributed by atoms with E-state index in [-0.39, 0.29) is 18.4 Å². The summed E-state index contributed by atoms with van der Waals surface area (Å²) in [5.74, 6) is 0.520. The van der Waals surface area contributed by atoms with E-state index in [9.17, 15) is 9.18 Å². The normalized spacial score (nSPS) is 13.0. The molecule has 0 atom stereocenters. The first kappa shape index (κ1) is 14.4. The van der Waals surface area contributed by atoms with E-state index < -0.39 is 11.2 Å². The lowest BCUT2D eigenvalue weighted by Gasteiger charge is -2.24. The van der Waals surface area contributed by atoms with Gasteiger partial charge < -0.3 is 14.8 Å². The number of hydrogen-bond donors (Lipinski definition) is 1. The molecule has 1 amide bonds. The van der Waals surface area contributed by atoms with Crippen LogP contribution in [0.2, 0.25) is 0 Å². The minimum absolute atomic E-state index is 0.168. The maximum Gasteiger partial charge on any atom is 0.234 e. The van der Waals surface area contributed by atoms with Crippen LogP contribution in [0.5, 0.6) is 11.5 Å². The van der Waals surface area contributed by atoms with Crippen LogP contribution in [-0.4, -0.2) is 12.7 Å². The van der Waals surface area contributed by atoms with Gasteiger partial charge in [0.25, 0.3) is 0 Å². The second kappa shape index (κ2) is 5.33. The van der Waals surface area contributed by atoms with Gasteiger partial charge in [-0.2, -0.15) is 0 Å². The van der Waals surface area contributed by atoms with Crippen LogP contribution in [0.4, 0.5) is 10.1 Å². The van der Waals surface area contributed by atoms with Crippen molar-refractivity contribution in [2.24, 2.45) is 0 Å². The average molecular weight is 301 g/mol. The van der Waals surface area contributed by atoms with Gasteiger partial charge in [-0.3, -0.25) is 4.79 Å². The van der Waals surface area contributed by atoms with E-state index in [1.54, 1.807) is 38.1 Å². The Labute approximate surface area is 127 Å². The highest BCUT2D eigenvalue weighted by Crippen LogP contribution is 2.36. The Morgan fingerprint density at radius 2 is 1.86 bits per heavy atom. The highest BCUT2D eigenvalue weighted by atomic mass is 19.1. The third kappa shape index (κ3) is 2.50. The number of anilines is 1. The number of nitrogens with one attached hydrogen (secondary N) is 1. The third-order valence-electron chi connectivity index (χ3n) is 3.78. The second-order valence-electron chi connectivity index (χ2n) is 5.63. The van der Waals surface area contributed by atoms with Gasteiger partial charge in [0.1, 0.15) is 5.82 Å². The van der Waals surface area contributed by atoms with E-state index in [1.165, 1.54) is 12.1 Å². The SMILES string of the molecule is CC(C)(C(=O)Nc1ccccc1F)c1ccc2c(c1)OCO2. The number of halogens is 1. The van der Waals surface area contributed by atoms with E-state index in [0.29, 0.717) is 11.5 Å². The molecule has 2 aromatic rings. The zero-order valence-corrected chi connectivity index (χ0v) is 12.4. The lowest BCUT2D eigenvalue weighted by molar-refractivity contribution is -0.120. The molecule has 1 aliphatic heterocycles. The van der Waals surface area contributed by atoms with Crippen molar-refractivity contribution < 1.29 is 18.7 Å². The van der Waals surface area contributed by atoms with Crippen LogP contribution in [0.3, 0.4) is 0 Å². The molecule has 0 bridgehead atoms. The van der Waals surface area contributed by atoms with Crippen LogP contribution in [0.1, 0.15) is 19.4 Å². The summed E-state index contributed by atoms with van der Waals surface area (Å²) in [6, 6.07) is 11.5. The van der Waals surface area contributed by atoms with E-state index in [2.05, 4.69) is 5.32 Å². The predicted molar refractivity (Wildman–Crippen MR) is 80.6 cm³/mol. The maximum atomic E-state index is 13.7. The van der Waals surface area contributed by atoms with Crippen molar-refractivity contribution in [3.05, 3.63) is 53.8 Å². The Hall–Kier alpha value is -2.56. The standard InChI is InChI=1S/C17H16FNO3/c1-17(2,11-7-8-14-15(9-11)22-10-21-14)16(20)19-13-6-4-3-5-12(13)18/h3-9H,10H2,1-2H3,(H,19,20). The van der Waals surface area contributed by atoms with Crippen LogP contribution < -0.4 is 14.8 Å². The molecule has 0 saturated heterocycles. The molecular formula is C17H16FNO3. The quantitative estimate of drug-likeness (QED) is 0.944. The Morgan fingerprint density at radius 1 is 1.14 bits per heavy atom. The fourth-order valence-corrected chi connectivity index (χ4v) is 2.26. The summed E-state index contributed by atoms with van der Waals surface area (Å²) in [7, 11) is 0. The molecule has 1 N–H and O–H groups in total. The molecular weight excluding hydrogens is 285 g/mol. The first-order chi connectivity index (χ1) is 10.5. The first-order valence-electron chi connectivity index (χ1n) is 6.94. The van der Waals surface area contributed by atoms with Crippen LogP contribution in [0, 0.1) is 5.82 Å². The lowest BCUT2D eigenvalue weighted by atomic mass is 9.83. The molecule has 0 spiro atoms. The summed E-state index contributed by atoms with van der Waals surface area (Å²) in [5, 5.41) is 2.63. The molecule has 3 rings (SSSR count). The molecule has 114 valence electrons. The Balaban J connectivity index is 1.86. The summed E-state index contributed by atoms with van der Waals surface area (Å²) in [5.41, 5.74) is 0.0930. The number of carbonyl (C=O) groups excluding carboxylic acids is 1. The summed E-state index contributed by atoms with van der Waals surface area (Å²) in [6.07, 6.45) is 0. The topological polar surface area (TPSA) is 47.6 Å². The van der Waals surface area contributed by atoms with Crippen molar-refractivity contribution in [3.8, 4) is 11.5 Å². The van der Waals surface area contributed by atoms with E-state index >= 15 is 0 Å². The molecule has 0 radical (unpaired) electrons. The highest BCUT2D eigenvalue weighted by Gasteiger charge is 2.32. The number of rotatable bonds is 3. The number of carbonyl (C=O) groups is 1. The molecule has 1 heterocycles.